The van der Waals surface area contributed by atoms with Crippen LogP contribution in [0.1, 0.15) is 30.8 Å². The molecule has 0 fully saturated rings. The summed E-state index contributed by atoms with van der Waals surface area (Å²) in [5.74, 6) is -1.16. The predicted molar refractivity (Wildman–Crippen MR) is 67.6 cm³/mol. The molecule has 1 aromatic heterocycles. The van der Waals surface area contributed by atoms with Crippen molar-refractivity contribution in [3.63, 3.8) is 0 Å². The van der Waals surface area contributed by atoms with Gasteiger partial charge in [-0.25, -0.2) is 0 Å². The second kappa shape index (κ2) is 6.95. The summed E-state index contributed by atoms with van der Waals surface area (Å²) in [6, 6.07) is 3.14. The van der Waals surface area contributed by atoms with Gasteiger partial charge >= 0.3 is 5.97 Å². The fraction of sp³-hybridized carbons (Fsp3) is 0.455. The van der Waals surface area contributed by atoms with Crippen molar-refractivity contribution in [2.75, 3.05) is 6.54 Å². The number of thioether (sulfide) groups is 1. The number of carboxylic acids is 1. The Morgan fingerprint density at radius 2 is 2.11 bits per heavy atom. The number of carbonyl (C=O) groups excluding carboxylic acids is 1. The lowest BCUT2D eigenvalue weighted by atomic mass is 10.3. The molecular weight excluding hydrogens is 254 g/mol. The first-order valence-corrected chi connectivity index (χ1v) is 6.47. The van der Waals surface area contributed by atoms with Crippen LogP contribution < -0.4 is 5.32 Å². The quantitative estimate of drug-likeness (QED) is 0.753. The van der Waals surface area contributed by atoms with Gasteiger partial charge in [0, 0.05) is 6.54 Å². The van der Waals surface area contributed by atoms with E-state index in [4.69, 9.17) is 5.11 Å². The maximum atomic E-state index is 11.4. The summed E-state index contributed by atoms with van der Waals surface area (Å²) in [5.41, 5.74) is 0.226. The highest BCUT2D eigenvalue weighted by Gasteiger charge is 2.17. The molecule has 0 aliphatic heterocycles. The van der Waals surface area contributed by atoms with Gasteiger partial charge in [0.15, 0.2) is 5.69 Å². The standard InChI is InChI=1S/C11H15N3O3S/c1-3-8(11(16)17)18-9-6-5-7(13-14-9)10(15)12-4-2/h5-6,8H,3-4H2,1-2H3,(H,12,15)(H,16,17). The van der Waals surface area contributed by atoms with Crippen molar-refractivity contribution in [1.82, 2.24) is 15.5 Å². The molecule has 1 rings (SSSR count). The second-order valence-electron chi connectivity index (χ2n) is 3.47. The number of aromatic nitrogens is 2. The van der Waals surface area contributed by atoms with Gasteiger partial charge in [0.1, 0.15) is 10.3 Å². The number of nitrogens with zero attached hydrogens (tertiary/aromatic N) is 2. The summed E-state index contributed by atoms with van der Waals surface area (Å²) in [7, 11) is 0. The molecule has 6 nitrogen and oxygen atoms in total. The number of carbonyl (C=O) groups is 2. The molecule has 2 N–H and O–H groups in total. The molecule has 0 saturated carbocycles. The first kappa shape index (κ1) is 14.4. The van der Waals surface area contributed by atoms with Crippen molar-refractivity contribution in [2.24, 2.45) is 0 Å². The molecular formula is C11H15N3O3S. The summed E-state index contributed by atoms with van der Waals surface area (Å²) in [5, 5.41) is 19.1. The molecule has 7 heteroatoms. The van der Waals surface area contributed by atoms with E-state index in [1.807, 2.05) is 6.92 Å². The maximum Gasteiger partial charge on any atom is 0.317 e. The van der Waals surface area contributed by atoms with Crippen LogP contribution in [-0.4, -0.2) is 39.0 Å². The van der Waals surface area contributed by atoms with E-state index in [0.717, 1.165) is 11.8 Å². The van der Waals surface area contributed by atoms with E-state index in [1.54, 1.807) is 13.0 Å². The first-order chi connectivity index (χ1) is 8.58. The van der Waals surface area contributed by atoms with Crippen molar-refractivity contribution >= 4 is 23.6 Å². The lowest BCUT2D eigenvalue weighted by Crippen LogP contribution is -2.24. The minimum absolute atomic E-state index is 0.226. The van der Waals surface area contributed by atoms with Crippen LogP contribution in [0.2, 0.25) is 0 Å². The Labute approximate surface area is 109 Å². The summed E-state index contributed by atoms with van der Waals surface area (Å²) in [6.45, 7) is 4.13. The second-order valence-corrected chi connectivity index (χ2v) is 4.69. The van der Waals surface area contributed by atoms with Gasteiger partial charge in [-0.3, -0.25) is 9.59 Å². The van der Waals surface area contributed by atoms with Crippen molar-refractivity contribution in [3.8, 4) is 0 Å². The maximum absolute atomic E-state index is 11.4. The lowest BCUT2D eigenvalue weighted by molar-refractivity contribution is -0.136. The third kappa shape index (κ3) is 3.99. The molecule has 0 aliphatic rings. The van der Waals surface area contributed by atoms with Crippen LogP contribution in [0, 0.1) is 0 Å². The van der Waals surface area contributed by atoms with Gasteiger partial charge in [-0.2, -0.15) is 0 Å². The van der Waals surface area contributed by atoms with E-state index in [2.05, 4.69) is 15.5 Å². The topological polar surface area (TPSA) is 92.2 Å². The Hall–Kier alpha value is -1.63. The molecule has 18 heavy (non-hydrogen) atoms. The van der Waals surface area contributed by atoms with E-state index in [9.17, 15) is 9.59 Å². The highest BCUT2D eigenvalue weighted by molar-refractivity contribution is 8.00. The predicted octanol–water partition coefficient (Wildman–Crippen LogP) is 1.18. The third-order valence-electron chi connectivity index (χ3n) is 2.12. The Morgan fingerprint density at radius 3 is 2.56 bits per heavy atom. The first-order valence-electron chi connectivity index (χ1n) is 5.59. The zero-order chi connectivity index (χ0) is 13.5. The fourth-order valence-electron chi connectivity index (χ4n) is 1.21. The minimum Gasteiger partial charge on any atom is -0.480 e. The number of aliphatic carboxylic acids is 1. The number of carboxylic acid groups (broad SMARTS) is 1. The van der Waals surface area contributed by atoms with Crippen LogP contribution in [0.5, 0.6) is 0 Å². The molecule has 0 spiro atoms. The SMILES string of the molecule is CCNC(=O)c1ccc(SC(CC)C(=O)O)nn1. The highest BCUT2D eigenvalue weighted by atomic mass is 32.2. The number of hydrogen-bond donors (Lipinski definition) is 2. The van der Waals surface area contributed by atoms with Crippen LogP contribution in [-0.2, 0) is 4.79 Å². The van der Waals surface area contributed by atoms with Gasteiger partial charge in [-0.15, -0.1) is 10.2 Å². The van der Waals surface area contributed by atoms with Crippen molar-refractivity contribution in [3.05, 3.63) is 17.8 Å². The monoisotopic (exact) mass is 269 g/mol. The van der Waals surface area contributed by atoms with Gasteiger partial charge in [0.05, 0.1) is 0 Å². The largest absolute Gasteiger partial charge is 0.480 e. The number of hydrogen-bond acceptors (Lipinski definition) is 5. The van der Waals surface area contributed by atoms with E-state index < -0.39 is 11.2 Å². The van der Waals surface area contributed by atoms with Crippen LogP contribution in [0.15, 0.2) is 17.2 Å². The molecule has 98 valence electrons. The zero-order valence-electron chi connectivity index (χ0n) is 10.2. The Kier molecular flexibility index (Phi) is 5.57. The molecule has 0 radical (unpaired) electrons. The van der Waals surface area contributed by atoms with Gasteiger partial charge < -0.3 is 10.4 Å². The lowest BCUT2D eigenvalue weighted by Gasteiger charge is -2.08. The minimum atomic E-state index is -0.878. The van der Waals surface area contributed by atoms with E-state index in [1.165, 1.54) is 6.07 Å². The zero-order valence-corrected chi connectivity index (χ0v) is 11.0. The van der Waals surface area contributed by atoms with Gasteiger partial charge in [-0.1, -0.05) is 18.7 Å². The molecule has 1 unspecified atom stereocenters. The number of amides is 1. The van der Waals surface area contributed by atoms with Gasteiger partial charge in [-0.05, 0) is 25.5 Å². The summed E-state index contributed by atoms with van der Waals surface area (Å²) in [4.78, 5) is 22.3. The molecule has 0 saturated heterocycles. The molecule has 1 atom stereocenters. The Morgan fingerprint density at radius 1 is 1.39 bits per heavy atom. The molecule has 0 aromatic carbocycles. The summed E-state index contributed by atoms with van der Waals surface area (Å²) < 4.78 is 0. The van der Waals surface area contributed by atoms with Crippen LogP contribution >= 0.6 is 11.8 Å². The number of nitrogens with one attached hydrogen (secondary N) is 1. The van der Waals surface area contributed by atoms with Gasteiger partial charge in [0.2, 0.25) is 0 Å². The summed E-state index contributed by atoms with van der Waals surface area (Å²) >= 11 is 1.13. The van der Waals surface area contributed by atoms with E-state index >= 15 is 0 Å². The molecule has 1 aromatic rings. The molecule has 1 heterocycles. The van der Waals surface area contributed by atoms with Crippen molar-refractivity contribution in [1.29, 1.82) is 0 Å². The van der Waals surface area contributed by atoms with Crippen molar-refractivity contribution < 1.29 is 14.7 Å². The molecule has 1 amide bonds. The highest BCUT2D eigenvalue weighted by Crippen LogP contribution is 2.23. The average Bonchev–Trinajstić information content (AvgIpc) is 2.36. The fourth-order valence-corrected chi connectivity index (χ4v) is 2.00. The van der Waals surface area contributed by atoms with E-state index in [0.29, 0.717) is 18.0 Å². The Balaban J connectivity index is 2.71. The Bertz CT molecular complexity index is 422. The van der Waals surface area contributed by atoms with Gasteiger partial charge in [0.25, 0.3) is 5.91 Å². The number of rotatable bonds is 6. The van der Waals surface area contributed by atoms with Crippen molar-refractivity contribution in [2.45, 2.75) is 30.5 Å². The van der Waals surface area contributed by atoms with Crippen LogP contribution in [0.25, 0.3) is 0 Å². The molecule has 0 bridgehead atoms. The smallest absolute Gasteiger partial charge is 0.317 e. The average molecular weight is 269 g/mol. The van der Waals surface area contributed by atoms with Crippen LogP contribution in [0.4, 0.5) is 0 Å². The van der Waals surface area contributed by atoms with Crippen LogP contribution in [0.3, 0.4) is 0 Å². The summed E-state index contributed by atoms with van der Waals surface area (Å²) in [6.07, 6.45) is 0.500. The van der Waals surface area contributed by atoms with E-state index in [-0.39, 0.29) is 11.6 Å². The normalized spacial score (nSPS) is 11.9. The third-order valence-corrected chi connectivity index (χ3v) is 3.40. The molecule has 0 aliphatic carbocycles.